The molecule has 0 aromatic carbocycles. The molecule has 3 aromatic heterocycles. The third kappa shape index (κ3) is 4.16. The average molecular weight is 479 g/mol. The summed E-state index contributed by atoms with van der Waals surface area (Å²) in [4.78, 5) is 48.7. The first-order valence-corrected chi connectivity index (χ1v) is 12.4. The van der Waals surface area contributed by atoms with E-state index in [0.717, 1.165) is 40.9 Å². The average Bonchev–Trinajstić information content (AvgIpc) is 2.85. The molecule has 10 nitrogen and oxygen atoms in total. The fourth-order valence-electron chi connectivity index (χ4n) is 4.69. The maximum absolute atomic E-state index is 13.4. The zero-order valence-corrected chi connectivity index (χ0v) is 20.0. The smallest absolute Gasteiger partial charge is 0.324 e. The number of piperidine rings is 1. The molecule has 1 saturated heterocycles. The molecule has 11 heteroatoms. The van der Waals surface area contributed by atoms with Gasteiger partial charge in [-0.05, 0) is 31.2 Å². The highest BCUT2D eigenvalue weighted by Crippen LogP contribution is 2.37. The number of primary amides is 1. The number of hydrogen-bond donors (Lipinski definition) is 1. The summed E-state index contributed by atoms with van der Waals surface area (Å²) in [6.07, 6.45) is 8.80. The van der Waals surface area contributed by atoms with Gasteiger partial charge in [0.15, 0.2) is 5.16 Å². The molecule has 0 radical (unpaired) electrons. The summed E-state index contributed by atoms with van der Waals surface area (Å²) >= 11 is 1.48. The van der Waals surface area contributed by atoms with Gasteiger partial charge in [0.1, 0.15) is 5.52 Å². The SMILES string of the molecule is CSc1ncc(-c2ccc3ncc4c(c3n2)N(C2CCN(CC(N)=O)CC2)C(=O)N(C)C4)cn1. The fourth-order valence-corrected chi connectivity index (χ4v) is 5.00. The van der Waals surface area contributed by atoms with E-state index in [1.54, 1.807) is 24.3 Å². The topological polar surface area (TPSA) is 121 Å². The fraction of sp³-hybridized carbons (Fsp3) is 0.391. The van der Waals surface area contributed by atoms with Gasteiger partial charge in [0.25, 0.3) is 0 Å². The summed E-state index contributed by atoms with van der Waals surface area (Å²) < 4.78 is 0. The molecular formula is C23H26N8O2S. The third-order valence-electron chi connectivity index (χ3n) is 6.35. The highest BCUT2D eigenvalue weighted by molar-refractivity contribution is 7.98. The Hall–Kier alpha value is -3.31. The number of fused-ring (bicyclic) bond motifs is 3. The number of anilines is 1. The van der Waals surface area contributed by atoms with Crippen molar-refractivity contribution in [3.05, 3.63) is 36.3 Å². The van der Waals surface area contributed by atoms with Crippen LogP contribution in [0.1, 0.15) is 18.4 Å². The van der Waals surface area contributed by atoms with Crippen molar-refractivity contribution in [1.29, 1.82) is 0 Å². The van der Waals surface area contributed by atoms with Crippen LogP contribution in [0.25, 0.3) is 22.3 Å². The number of carbonyl (C=O) groups is 2. The van der Waals surface area contributed by atoms with Crippen LogP contribution in [0.5, 0.6) is 0 Å². The number of urea groups is 1. The molecule has 34 heavy (non-hydrogen) atoms. The molecule has 0 atom stereocenters. The van der Waals surface area contributed by atoms with Crippen LogP contribution < -0.4 is 10.6 Å². The largest absolute Gasteiger partial charge is 0.369 e. The van der Waals surface area contributed by atoms with E-state index in [0.29, 0.717) is 30.3 Å². The molecule has 3 aromatic rings. The number of rotatable bonds is 5. The Bertz CT molecular complexity index is 1240. The normalized spacial score (nSPS) is 17.3. The number of likely N-dealkylation sites (tertiary alicyclic amines) is 1. The van der Waals surface area contributed by atoms with Crippen molar-refractivity contribution < 1.29 is 9.59 Å². The minimum atomic E-state index is -0.332. The summed E-state index contributed by atoms with van der Waals surface area (Å²) in [5.74, 6) is -0.332. The number of nitrogens with zero attached hydrogens (tertiary/aromatic N) is 7. The lowest BCUT2D eigenvalue weighted by atomic mass is 9.99. The zero-order valence-electron chi connectivity index (χ0n) is 19.1. The molecule has 176 valence electrons. The van der Waals surface area contributed by atoms with Crippen molar-refractivity contribution >= 4 is 40.4 Å². The number of pyridine rings is 2. The number of aromatic nitrogens is 4. The van der Waals surface area contributed by atoms with Crippen LogP contribution in [0.15, 0.2) is 35.9 Å². The number of amides is 3. The van der Waals surface area contributed by atoms with E-state index in [1.807, 2.05) is 34.4 Å². The highest BCUT2D eigenvalue weighted by atomic mass is 32.2. The highest BCUT2D eigenvalue weighted by Gasteiger charge is 2.37. The van der Waals surface area contributed by atoms with Crippen LogP contribution in [0.3, 0.4) is 0 Å². The predicted octanol–water partition coefficient (Wildman–Crippen LogP) is 2.13. The Morgan fingerprint density at radius 1 is 1.15 bits per heavy atom. The van der Waals surface area contributed by atoms with Crippen LogP contribution >= 0.6 is 11.8 Å². The lowest BCUT2D eigenvalue weighted by Crippen LogP contribution is -2.54. The second-order valence-corrected chi connectivity index (χ2v) is 9.41. The Labute approximate surface area is 201 Å². The first-order chi connectivity index (χ1) is 16.4. The molecule has 0 aliphatic carbocycles. The second kappa shape index (κ2) is 9.15. The minimum absolute atomic E-state index is 0.00150. The van der Waals surface area contributed by atoms with Gasteiger partial charge in [-0.15, -0.1) is 0 Å². The summed E-state index contributed by atoms with van der Waals surface area (Å²) in [6.45, 7) is 2.13. The predicted molar refractivity (Wildman–Crippen MR) is 130 cm³/mol. The second-order valence-electron chi connectivity index (χ2n) is 8.64. The van der Waals surface area contributed by atoms with Crippen LogP contribution in [-0.4, -0.2) is 80.7 Å². The van der Waals surface area contributed by atoms with Gasteiger partial charge >= 0.3 is 6.03 Å². The van der Waals surface area contributed by atoms with Crippen molar-refractivity contribution in [2.75, 3.05) is 37.8 Å². The summed E-state index contributed by atoms with van der Waals surface area (Å²) in [7, 11) is 1.80. The molecular weight excluding hydrogens is 452 g/mol. The van der Waals surface area contributed by atoms with Crippen molar-refractivity contribution in [3.63, 3.8) is 0 Å². The Balaban J connectivity index is 1.55. The lowest BCUT2D eigenvalue weighted by Gasteiger charge is -2.43. The first kappa shape index (κ1) is 22.5. The van der Waals surface area contributed by atoms with Crippen LogP contribution in [0.2, 0.25) is 0 Å². The molecule has 2 N–H and O–H groups in total. The van der Waals surface area contributed by atoms with E-state index in [2.05, 4.69) is 15.0 Å². The molecule has 2 aliphatic heterocycles. The molecule has 1 fully saturated rings. The van der Waals surface area contributed by atoms with E-state index in [-0.39, 0.29) is 24.5 Å². The summed E-state index contributed by atoms with van der Waals surface area (Å²) in [5.41, 5.74) is 10.1. The van der Waals surface area contributed by atoms with E-state index in [9.17, 15) is 9.59 Å². The van der Waals surface area contributed by atoms with Gasteiger partial charge in [0.05, 0.1) is 30.0 Å². The van der Waals surface area contributed by atoms with Crippen LogP contribution in [-0.2, 0) is 11.3 Å². The standard InChI is InChI=1S/C23H26N8O2S/c1-29-12-15-11-25-18-4-3-17(14-9-26-22(34-2)27-10-14)28-20(18)21(15)31(23(29)33)16-5-7-30(8-6-16)13-19(24)32/h3-4,9-11,16H,5-8,12-13H2,1-2H3,(H2,24,32). The maximum atomic E-state index is 13.4. The Morgan fingerprint density at radius 2 is 1.88 bits per heavy atom. The van der Waals surface area contributed by atoms with Crippen molar-refractivity contribution in [2.24, 2.45) is 5.73 Å². The van der Waals surface area contributed by atoms with Gasteiger partial charge in [-0.25, -0.2) is 19.7 Å². The quantitative estimate of drug-likeness (QED) is 0.437. The van der Waals surface area contributed by atoms with Gasteiger partial charge in [-0.2, -0.15) is 0 Å². The van der Waals surface area contributed by atoms with Crippen LogP contribution in [0.4, 0.5) is 10.5 Å². The molecule has 2 aliphatic rings. The zero-order chi connectivity index (χ0) is 23.8. The number of thioether (sulfide) groups is 1. The molecule has 0 spiro atoms. The van der Waals surface area contributed by atoms with E-state index >= 15 is 0 Å². The van der Waals surface area contributed by atoms with Gasteiger partial charge in [0.2, 0.25) is 5.91 Å². The monoisotopic (exact) mass is 478 g/mol. The van der Waals surface area contributed by atoms with Crippen molar-refractivity contribution in [1.82, 2.24) is 29.7 Å². The lowest BCUT2D eigenvalue weighted by molar-refractivity contribution is -0.119. The number of carbonyl (C=O) groups excluding carboxylic acids is 2. The Morgan fingerprint density at radius 3 is 2.56 bits per heavy atom. The molecule has 0 saturated carbocycles. The number of hydrogen-bond acceptors (Lipinski definition) is 8. The van der Waals surface area contributed by atoms with E-state index in [1.165, 1.54) is 11.8 Å². The van der Waals surface area contributed by atoms with Gasteiger partial charge in [-0.1, -0.05) is 11.8 Å². The van der Waals surface area contributed by atoms with Crippen molar-refractivity contribution in [2.45, 2.75) is 30.6 Å². The summed E-state index contributed by atoms with van der Waals surface area (Å²) in [6, 6.07) is 3.78. The summed E-state index contributed by atoms with van der Waals surface area (Å²) in [5, 5.41) is 0.700. The minimum Gasteiger partial charge on any atom is -0.369 e. The molecule has 3 amide bonds. The molecule has 5 rings (SSSR count). The van der Waals surface area contributed by atoms with E-state index < -0.39 is 0 Å². The number of nitrogens with two attached hydrogens (primary N) is 1. The van der Waals surface area contributed by atoms with Gasteiger partial charge < -0.3 is 10.6 Å². The van der Waals surface area contributed by atoms with E-state index in [4.69, 9.17) is 10.7 Å². The van der Waals surface area contributed by atoms with Crippen molar-refractivity contribution in [3.8, 4) is 11.3 Å². The molecule has 5 heterocycles. The van der Waals surface area contributed by atoms with Gasteiger partial charge in [-0.3, -0.25) is 19.6 Å². The molecule has 0 bridgehead atoms. The maximum Gasteiger partial charge on any atom is 0.324 e. The van der Waals surface area contributed by atoms with Crippen LogP contribution in [0, 0.1) is 0 Å². The van der Waals surface area contributed by atoms with Gasteiger partial charge in [0, 0.05) is 55.9 Å². The molecule has 0 unspecified atom stereocenters. The Kier molecular flexibility index (Phi) is 6.05. The first-order valence-electron chi connectivity index (χ1n) is 11.1. The third-order valence-corrected chi connectivity index (χ3v) is 6.93.